The summed E-state index contributed by atoms with van der Waals surface area (Å²) in [5, 5.41) is 0. The molecular weight excluding hydrogens is 997 g/mol. The van der Waals surface area contributed by atoms with Crippen molar-refractivity contribution in [1.29, 1.82) is 0 Å². The van der Waals surface area contributed by atoms with Crippen molar-refractivity contribution in [2.45, 2.75) is 258 Å². The van der Waals surface area contributed by atoms with Crippen molar-refractivity contribution >= 4 is 17.9 Å². The third kappa shape index (κ3) is 65.2. The number of hydrogen-bond acceptors (Lipinski definition) is 6. The molecule has 1 unspecified atom stereocenters. The molecule has 0 bridgehead atoms. The van der Waals surface area contributed by atoms with Gasteiger partial charge in [-0.15, -0.1) is 0 Å². The molecule has 0 aliphatic rings. The van der Waals surface area contributed by atoms with Gasteiger partial charge in [0.1, 0.15) is 13.2 Å². The third-order valence-electron chi connectivity index (χ3n) is 12.9. The highest BCUT2D eigenvalue weighted by Gasteiger charge is 2.19. The summed E-state index contributed by atoms with van der Waals surface area (Å²) in [7, 11) is 0. The van der Waals surface area contributed by atoms with Crippen LogP contribution in [-0.4, -0.2) is 37.2 Å². The fourth-order valence-corrected chi connectivity index (χ4v) is 8.12. The Morgan fingerprint density at radius 2 is 0.506 bits per heavy atom. The predicted molar refractivity (Wildman–Crippen MR) is 352 cm³/mol. The number of ether oxygens (including phenoxy) is 3. The molecule has 0 heterocycles. The normalized spacial score (nSPS) is 13.4. The van der Waals surface area contributed by atoms with E-state index < -0.39 is 6.10 Å². The minimum atomic E-state index is -0.829. The molecule has 6 nitrogen and oxygen atoms in total. The van der Waals surface area contributed by atoms with Gasteiger partial charge in [0.2, 0.25) is 0 Å². The maximum Gasteiger partial charge on any atom is 0.306 e. The van der Waals surface area contributed by atoms with Gasteiger partial charge in [0.05, 0.1) is 0 Å². The van der Waals surface area contributed by atoms with Crippen molar-refractivity contribution < 1.29 is 28.6 Å². The molecule has 0 aliphatic carbocycles. The lowest BCUT2D eigenvalue weighted by molar-refractivity contribution is -0.166. The number of carbonyl (C=O) groups excluding carboxylic acids is 3. The highest BCUT2D eigenvalue weighted by atomic mass is 16.6. The Kier molecular flexibility index (Phi) is 62.5. The molecule has 0 aromatic rings. The minimum absolute atomic E-state index is 0.120. The van der Waals surface area contributed by atoms with Crippen LogP contribution in [-0.2, 0) is 28.6 Å². The molecule has 0 rings (SSSR count). The summed E-state index contributed by atoms with van der Waals surface area (Å²) in [5.41, 5.74) is 0. The summed E-state index contributed by atoms with van der Waals surface area (Å²) in [6, 6.07) is 0. The molecule has 0 amide bonds. The molecule has 0 N–H and O–H groups in total. The molecule has 0 spiro atoms. The summed E-state index contributed by atoms with van der Waals surface area (Å²) in [5.74, 6) is -1.04. The van der Waals surface area contributed by atoms with Gasteiger partial charge in [-0.25, -0.2) is 0 Å². The average molecular weight is 1110 g/mol. The zero-order valence-corrected chi connectivity index (χ0v) is 51.7. The standard InChI is InChI=1S/C75H116O6/c1-4-7-10-13-16-19-22-25-27-28-29-30-31-32-33-34-35-36-37-38-39-40-41-42-43-44-45-46-48-50-53-56-59-62-65-68-74(77)80-71-72(70-79-73(76)67-64-61-58-55-52-49-24-21-18-15-12-9-6-3)81-75(78)69-66-63-60-57-54-51-47-26-23-20-17-14-11-8-5-2/h7,9-10,12,16-21,25-27,29-30,32-33,35-36,38-39,41-42,44-45,47,49,52,58,61,72H,4-6,8,11,13-15,22-24,28,31,34,37,40,43,46,48,50-51,53-57,59-60,62-71H2,1-3H3/b10-7-,12-9-,19-16-,20-17-,21-18-,27-25-,30-29-,33-32-,36-35-,39-38-,42-41-,45-44-,47-26-,52-49-,61-58-. The average Bonchev–Trinajstić information content (AvgIpc) is 3.46. The topological polar surface area (TPSA) is 78.9 Å². The van der Waals surface area contributed by atoms with Crippen LogP contribution in [0.3, 0.4) is 0 Å². The first-order valence-corrected chi connectivity index (χ1v) is 32.3. The monoisotopic (exact) mass is 1110 g/mol. The molecule has 0 saturated carbocycles. The largest absolute Gasteiger partial charge is 0.462 e. The second-order valence-corrected chi connectivity index (χ2v) is 20.5. The lowest BCUT2D eigenvalue weighted by atomic mass is 10.1. The first-order valence-electron chi connectivity index (χ1n) is 32.3. The van der Waals surface area contributed by atoms with Gasteiger partial charge < -0.3 is 14.2 Å². The smallest absolute Gasteiger partial charge is 0.306 e. The maximum atomic E-state index is 12.9. The van der Waals surface area contributed by atoms with Gasteiger partial charge in [-0.2, -0.15) is 0 Å². The lowest BCUT2D eigenvalue weighted by Crippen LogP contribution is -2.30. The second kappa shape index (κ2) is 67.0. The van der Waals surface area contributed by atoms with Crippen LogP contribution in [0.1, 0.15) is 252 Å². The van der Waals surface area contributed by atoms with Crippen molar-refractivity contribution in [1.82, 2.24) is 0 Å². The predicted octanol–water partition coefficient (Wildman–Crippen LogP) is 22.4. The van der Waals surface area contributed by atoms with E-state index in [1.165, 1.54) is 44.9 Å². The summed E-state index contributed by atoms with van der Waals surface area (Å²) in [6.07, 6.45) is 101. The summed E-state index contributed by atoms with van der Waals surface area (Å²) >= 11 is 0. The van der Waals surface area contributed by atoms with Crippen LogP contribution in [0.15, 0.2) is 182 Å². The number of carbonyl (C=O) groups is 3. The van der Waals surface area contributed by atoms with E-state index in [4.69, 9.17) is 14.2 Å². The molecular formula is C75H116O6. The highest BCUT2D eigenvalue weighted by Crippen LogP contribution is 2.13. The summed E-state index contributed by atoms with van der Waals surface area (Å²) in [4.78, 5) is 38.2. The molecule has 0 aromatic heterocycles. The van der Waals surface area contributed by atoms with E-state index in [1.54, 1.807) is 0 Å². The zero-order valence-electron chi connectivity index (χ0n) is 51.7. The van der Waals surface area contributed by atoms with Crippen molar-refractivity contribution in [3.63, 3.8) is 0 Å². The van der Waals surface area contributed by atoms with Gasteiger partial charge in [-0.05, 0) is 148 Å². The second-order valence-electron chi connectivity index (χ2n) is 20.5. The van der Waals surface area contributed by atoms with Gasteiger partial charge in [-0.3, -0.25) is 14.4 Å². The summed E-state index contributed by atoms with van der Waals surface area (Å²) in [6.45, 7) is 6.28. The molecule has 0 fully saturated rings. The van der Waals surface area contributed by atoms with Crippen molar-refractivity contribution in [2.75, 3.05) is 13.2 Å². The van der Waals surface area contributed by atoms with Gasteiger partial charge in [0.15, 0.2) is 6.10 Å². The van der Waals surface area contributed by atoms with E-state index in [0.29, 0.717) is 12.8 Å². The summed E-state index contributed by atoms with van der Waals surface area (Å²) < 4.78 is 16.8. The molecule has 0 aliphatic heterocycles. The van der Waals surface area contributed by atoms with Gasteiger partial charge in [-0.1, -0.05) is 267 Å². The Morgan fingerprint density at radius 3 is 0.827 bits per heavy atom. The number of hydrogen-bond donors (Lipinski definition) is 0. The Bertz CT molecular complexity index is 1900. The zero-order chi connectivity index (χ0) is 58.5. The molecule has 0 radical (unpaired) electrons. The fourth-order valence-electron chi connectivity index (χ4n) is 8.12. The van der Waals surface area contributed by atoms with E-state index in [1.807, 2.05) is 12.2 Å². The van der Waals surface area contributed by atoms with Crippen LogP contribution < -0.4 is 0 Å². The van der Waals surface area contributed by atoms with Crippen LogP contribution in [0.2, 0.25) is 0 Å². The van der Waals surface area contributed by atoms with Crippen LogP contribution >= 0.6 is 0 Å². The molecule has 452 valence electrons. The SMILES string of the molecule is CC/C=C\C/C=C\C/C=C\C/C=C\C/C=C\C/C=C\C/C=C\C/C=C\C/C=C\CCCCCCCCCC(=O)OCC(COC(=O)CC/C=C\C/C=C\C/C=C\C/C=C\CC)OC(=O)CCCCCCC/C=C\C/C=C\CCCCC. The number of allylic oxidation sites excluding steroid dienone is 30. The Morgan fingerprint density at radius 1 is 0.259 bits per heavy atom. The van der Waals surface area contributed by atoms with Crippen LogP contribution in [0, 0.1) is 0 Å². The van der Waals surface area contributed by atoms with Crippen molar-refractivity contribution in [3.05, 3.63) is 182 Å². The minimum Gasteiger partial charge on any atom is -0.462 e. The van der Waals surface area contributed by atoms with Crippen LogP contribution in [0.25, 0.3) is 0 Å². The Hall–Kier alpha value is -5.49. The van der Waals surface area contributed by atoms with E-state index in [-0.39, 0.29) is 44.0 Å². The number of rotatable bonds is 56. The van der Waals surface area contributed by atoms with E-state index in [2.05, 4.69) is 191 Å². The van der Waals surface area contributed by atoms with Gasteiger partial charge >= 0.3 is 17.9 Å². The molecule has 0 saturated heterocycles. The third-order valence-corrected chi connectivity index (χ3v) is 12.9. The Balaban J connectivity index is 4.34. The first-order chi connectivity index (χ1) is 40.0. The molecule has 6 heteroatoms. The van der Waals surface area contributed by atoms with E-state index >= 15 is 0 Å². The number of unbranched alkanes of at least 4 members (excludes halogenated alkanes) is 15. The maximum absolute atomic E-state index is 12.9. The molecule has 81 heavy (non-hydrogen) atoms. The lowest BCUT2D eigenvalue weighted by Gasteiger charge is -2.18. The number of esters is 3. The van der Waals surface area contributed by atoms with Crippen molar-refractivity contribution in [2.24, 2.45) is 0 Å². The first kappa shape index (κ1) is 75.5. The molecule has 0 aromatic carbocycles. The van der Waals surface area contributed by atoms with Crippen molar-refractivity contribution in [3.8, 4) is 0 Å². The van der Waals surface area contributed by atoms with Gasteiger partial charge in [0, 0.05) is 19.3 Å². The van der Waals surface area contributed by atoms with E-state index in [0.717, 1.165) is 161 Å². The fraction of sp³-hybridized carbons (Fsp3) is 0.560. The quantitative estimate of drug-likeness (QED) is 0.0261. The molecule has 1 atom stereocenters. The van der Waals surface area contributed by atoms with Crippen LogP contribution in [0.4, 0.5) is 0 Å². The van der Waals surface area contributed by atoms with Gasteiger partial charge in [0.25, 0.3) is 0 Å². The Labute approximate surface area is 497 Å². The van der Waals surface area contributed by atoms with E-state index in [9.17, 15) is 14.4 Å². The highest BCUT2D eigenvalue weighted by molar-refractivity contribution is 5.71. The van der Waals surface area contributed by atoms with Crippen LogP contribution in [0.5, 0.6) is 0 Å².